The van der Waals surface area contributed by atoms with Crippen molar-refractivity contribution in [2.24, 2.45) is 0 Å². The fourth-order valence-electron chi connectivity index (χ4n) is 2.41. The van der Waals surface area contributed by atoms with E-state index in [0.717, 1.165) is 18.8 Å². The fourth-order valence-corrected chi connectivity index (χ4v) is 2.41. The zero-order valence-corrected chi connectivity index (χ0v) is 12.8. The molecule has 0 fully saturated rings. The van der Waals surface area contributed by atoms with Crippen LogP contribution in [0.1, 0.15) is 23.6 Å². The van der Waals surface area contributed by atoms with Gasteiger partial charge in [0.05, 0.1) is 7.11 Å². The largest absolute Gasteiger partial charge is 0.496 e. The first kappa shape index (κ1) is 14.6. The third kappa shape index (κ3) is 3.02. The third-order valence-corrected chi connectivity index (χ3v) is 3.76. The van der Waals surface area contributed by atoms with Gasteiger partial charge in [0.2, 0.25) is 0 Å². The molecule has 2 heteroatoms. The average molecular weight is 269 g/mol. The van der Waals surface area contributed by atoms with Gasteiger partial charge in [0.15, 0.2) is 0 Å². The monoisotopic (exact) mass is 269 g/mol. The van der Waals surface area contributed by atoms with Gasteiger partial charge in [0.25, 0.3) is 0 Å². The molecule has 0 aromatic heterocycles. The molecular weight excluding hydrogens is 246 g/mol. The second-order valence-corrected chi connectivity index (χ2v) is 5.05. The molecule has 0 aliphatic heterocycles. The minimum atomic E-state index is 0.832. The SMILES string of the molecule is CCNCc1cc(-c2cccc(C)c2C)ccc1OC. The summed E-state index contributed by atoms with van der Waals surface area (Å²) in [4.78, 5) is 0. The van der Waals surface area contributed by atoms with E-state index in [1.165, 1.54) is 27.8 Å². The van der Waals surface area contributed by atoms with Crippen LogP contribution in [0.3, 0.4) is 0 Å². The normalized spacial score (nSPS) is 10.6. The molecule has 0 spiro atoms. The molecule has 0 aliphatic rings. The van der Waals surface area contributed by atoms with Gasteiger partial charge in [-0.25, -0.2) is 0 Å². The quantitative estimate of drug-likeness (QED) is 0.882. The van der Waals surface area contributed by atoms with Gasteiger partial charge in [0, 0.05) is 12.1 Å². The van der Waals surface area contributed by atoms with Crippen molar-refractivity contribution < 1.29 is 4.74 Å². The number of ether oxygens (including phenoxy) is 1. The average Bonchev–Trinajstić information content (AvgIpc) is 2.47. The summed E-state index contributed by atoms with van der Waals surface area (Å²) >= 11 is 0. The molecule has 0 bridgehead atoms. The molecule has 0 amide bonds. The summed E-state index contributed by atoms with van der Waals surface area (Å²) in [5, 5.41) is 3.36. The van der Waals surface area contributed by atoms with Crippen molar-refractivity contribution in [3.05, 3.63) is 53.1 Å². The van der Waals surface area contributed by atoms with Crippen LogP contribution in [-0.4, -0.2) is 13.7 Å². The summed E-state index contributed by atoms with van der Waals surface area (Å²) in [7, 11) is 1.72. The highest BCUT2D eigenvalue weighted by atomic mass is 16.5. The van der Waals surface area contributed by atoms with Crippen LogP contribution in [0.5, 0.6) is 5.75 Å². The number of benzene rings is 2. The Morgan fingerprint density at radius 3 is 2.60 bits per heavy atom. The smallest absolute Gasteiger partial charge is 0.123 e. The molecule has 2 rings (SSSR count). The molecule has 0 aliphatic carbocycles. The van der Waals surface area contributed by atoms with E-state index in [4.69, 9.17) is 4.74 Å². The van der Waals surface area contributed by atoms with Gasteiger partial charge >= 0.3 is 0 Å². The van der Waals surface area contributed by atoms with Crippen molar-refractivity contribution in [1.82, 2.24) is 5.32 Å². The molecule has 0 saturated carbocycles. The van der Waals surface area contributed by atoms with E-state index in [2.05, 4.69) is 62.5 Å². The van der Waals surface area contributed by atoms with Crippen LogP contribution < -0.4 is 10.1 Å². The minimum absolute atomic E-state index is 0.832. The molecule has 0 unspecified atom stereocenters. The summed E-state index contributed by atoms with van der Waals surface area (Å²) < 4.78 is 5.45. The highest BCUT2D eigenvalue weighted by Crippen LogP contribution is 2.29. The predicted molar refractivity (Wildman–Crippen MR) is 85.3 cm³/mol. The number of nitrogens with one attached hydrogen (secondary N) is 1. The number of aryl methyl sites for hydroxylation is 1. The first-order valence-corrected chi connectivity index (χ1v) is 7.11. The summed E-state index contributed by atoms with van der Waals surface area (Å²) in [5.74, 6) is 0.944. The van der Waals surface area contributed by atoms with Crippen molar-refractivity contribution in [1.29, 1.82) is 0 Å². The Morgan fingerprint density at radius 1 is 1.10 bits per heavy atom. The topological polar surface area (TPSA) is 21.3 Å². The lowest BCUT2D eigenvalue weighted by Crippen LogP contribution is -2.12. The Labute approximate surface area is 121 Å². The summed E-state index contributed by atoms with van der Waals surface area (Å²) in [6.45, 7) is 8.23. The molecule has 0 saturated heterocycles. The minimum Gasteiger partial charge on any atom is -0.496 e. The lowest BCUT2D eigenvalue weighted by Gasteiger charge is -2.13. The molecule has 0 atom stereocenters. The van der Waals surface area contributed by atoms with Crippen molar-refractivity contribution in [3.63, 3.8) is 0 Å². The van der Waals surface area contributed by atoms with Crippen molar-refractivity contribution in [2.45, 2.75) is 27.3 Å². The van der Waals surface area contributed by atoms with Gasteiger partial charge in [-0.15, -0.1) is 0 Å². The lowest BCUT2D eigenvalue weighted by atomic mass is 9.95. The van der Waals surface area contributed by atoms with Crippen molar-refractivity contribution in [3.8, 4) is 16.9 Å². The third-order valence-electron chi connectivity index (χ3n) is 3.76. The summed E-state index contributed by atoms with van der Waals surface area (Å²) in [6, 6.07) is 12.9. The number of methoxy groups -OCH3 is 1. The molecule has 1 N–H and O–H groups in total. The highest BCUT2D eigenvalue weighted by Gasteiger charge is 2.08. The Morgan fingerprint density at radius 2 is 1.90 bits per heavy atom. The second kappa shape index (κ2) is 6.58. The standard InChI is InChI=1S/C18H23NO/c1-5-19-12-16-11-15(9-10-18(16)20-4)17-8-6-7-13(2)14(17)3/h6-11,19H,5,12H2,1-4H3. The van der Waals surface area contributed by atoms with E-state index in [1.807, 2.05) is 0 Å². The van der Waals surface area contributed by atoms with Crippen LogP contribution in [0.4, 0.5) is 0 Å². The maximum atomic E-state index is 5.45. The zero-order valence-electron chi connectivity index (χ0n) is 12.8. The lowest BCUT2D eigenvalue weighted by molar-refractivity contribution is 0.408. The Balaban J connectivity index is 2.44. The van der Waals surface area contributed by atoms with Gasteiger partial charge < -0.3 is 10.1 Å². The predicted octanol–water partition coefficient (Wildman–Crippen LogP) is 4.09. The van der Waals surface area contributed by atoms with Crippen molar-refractivity contribution in [2.75, 3.05) is 13.7 Å². The van der Waals surface area contributed by atoms with Gasteiger partial charge in [-0.05, 0) is 54.8 Å². The second-order valence-electron chi connectivity index (χ2n) is 5.05. The number of hydrogen-bond donors (Lipinski definition) is 1. The van der Waals surface area contributed by atoms with Crippen molar-refractivity contribution >= 4 is 0 Å². The van der Waals surface area contributed by atoms with Gasteiger partial charge in [-0.1, -0.05) is 31.2 Å². The fraction of sp³-hybridized carbons (Fsp3) is 0.333. The van der Waals surface area contributed by atoms with E-state index in [1.54, 1.807) is 7.11 Å². The van der Waals surface area contributed by atoms with Crippen LogP contribution in [0.15, 0.2) is 36.4 Å². The van der Waals surface area contributed by atoms with E-state index in [0.29, 0.717) is 0 Å². The number of rotatable bonds is 5. The zero-order chi connectivity index (χ0) is 14.5. The maximum absolute atomic E-state index is 5.45. The Kier molecular flexibility index (Phi) is 4.80. The summed E-state index contributed by atoms with van der Waals surface area (Å²) in [5.41, 5.74) is 6.41. The Bertz CT molecular complexity index is 590. The first-order chi connectivity index (χ1) is 9.67. The van der Waals surface area contributed by atoms with Gasteiger partial charge in [-0.2, -0.15) is 0 Å². The molecule has 0 radical (unpaired) electrons. The highest BCUT2D eigenvalue weighted by molar-refractivity contribution is 5.70. The van der Waals surface area contributed by atoms with E-state index in [9.17, 15) is 0 Å². The van der Waals surface area contributed by atoms with Crippen LogP contribution in [0, 0.1) is 13.8 Å². The summed E-state index contributed by atoms with van der Waals surface area (Å²) in [6.07, 6.45) is 0. The first-order valence-electron chi connectivity index (χ1n) is 7.11. The molecule has 2 nitrogen and oxygen atoms in total. The van der Waals surface area contributed by atoms with Gasteiger partial charge in [0.1, 0.15) is 5.75 Å². The van der Waals surface area contributed by atoms with Crippen LogP contribution >= 0.6 is 0 Å². The molecule has 2 aromatic rings. The Hall–Kier alpha value is -1.80. The van der Waals surface area contributed by atoms with E-state index < -0.39 is 0 Å². The maximum Gasteiger partial charge on any atom is 0.123 e. The molecule has 0 heterocycles. The molecular formula is C18H23NO. The van der Waals surface area contributed by atoms with Gasteiger partial charge in [-0.3, -0.25) is 0 Å². The molecule has 2 aromatic carbocycles. The van der Waals surface area contributed by atoms with Crippen LogP contribution in [-0.2, 0) is 6.54 Å². The van der Waals surface area contributed by atoms with Crippen LogP contribution in [0.25, 0.3) is 11.1 Å². The molecule has 20 heavy (non-hydrogen) atoms. The molecule has 106 valence electrons. The van der Waals surface area contributed by atoms with E-state index >= 15 is 0 Å². The van der Waals surface area contributed by atoms with Crippen LogP contribution in [0.2, 0.25) is 0 Å². The van der Waals surface area contributed by atoms with E-state index in [-0.39, 0.29) is 0 Å². The number of hydrogen-bond acceptors (Lipinski definition) is 2.